The number of aryl methyl sites for hydroxylation is 1. The van der Waals surface area contributed by atoms with Gasteiger partial charge in [-0.05, 0) is 6.42 Å². The summed E-state index contributed by atoms with van der Waals surface area (Å²) in [5.41, 5.74) is 0.749. The van der Waals surface area contributed by atoms with Crippen LogP contribution >= 0.6 is 0 Å². The SMILES string of the molecule is CCCn1ncc(OC)c1CO. The molecule has 0 saturated heterocycles. The molecule has 0 atom stereocenters. The fourth-order valence-electron chi connectivity index (χ4n) is 1.13. The van der Waals surface area contributed by atoms with Gasteiger partial charge in [0, 0.05) is 6.54 Å². The Balaban J connectivity index is 2.88. The number of ether oxygens (including phenoxy) is 1. The summed E-state index contributed by atoms with van der Waals surface area (Å²) in [4.78, 5) is 0. The van der Waals surface area contributed by atoms with Crippen molar-refractivity contribution in [1.82, 2.24) is 9.78 Å². The number of nitrogens with zero attached hydrogens (tertiary/aromatic N) is 2. The number of hydrogen-bond donors (Lipinski definition) is 1. The first kappa shape index (κ1) is 9.06. The van der Waals surface area contributed by atoms with Crippen LogP contribution < -0.4 is 4.74 Å². The van der Waals surface area contributed by atoms with Crippen LogP contribution in [0.1, 0.15) is 19.0 Å². The predicted molar refractivity (Wildman–Crippen MR) is 45.0 cm³/mol. The van der Waals surface area contributed by atoms with E-state index in [0.29, 0.717) is 5.75 Å². The third-order valence-electron chi connectivity index (χ3n) is 1.72. The van der Waals surface area contributed by atoms with Gasteiger partial charge in [0.15, 0.2) is 5.75 Å². The highest BCUT2D eigenvalue weighted by Crippen LogP contribution is 2.17. The van der Waals surface area contributed by atoms with Crippen molar-refractivity contribution in [1.29, 1.82) is 0 Å². The smallest absolute Gasteiger partial charge is 0.162 e. The molecule has 0 aliphatic rings. The summed E-state index contributed by atoms with van der Waals surface area (Å²) < 4.78 is 6.78. The number of aliphatic hydroxyl groups excluding tert-OH is 1. The van der Waals surface area contributed by atoms with Gasteiger partial charge in [-0.3, -0.25) is 4.68 Å². The van der Waals surface area contributed by atoms with Gasteiger partial charge in [-0.25, -0.2) is 0 Å². The number of aromatic nitrogens is 2. The van der Waals surface area contributed by atoms with Gasteiger partial charge in [-0.15, -0.1) is 0 Å². The number of aliphatic hydroxyl groups is 1. The van der Waals surface area contributed by atoms with Gasteiger partial charge < -0.3 is 9.84 Å². The van der Waals surface area contributed by atoms with Crippen LogP contribution in [0.5, 0.6) is 5.75 Å². The highest BCUT2D eigenvalue weighted by Gasteiger charge is 2.08. The monoisotopic (exact) mass is 170 g/mol. The van der Waals surface area contributed by atoms with Crippen LogP contribution in [-0.4, -0.2) is 22.0 Å². The molecule has 1 aromatic heterocycles. The largest absolute Gasteiger partial charge is 0.493 e. The van der Waals surface area contributed by atoms with Crippen molar-refractivity contribution in [2.75, 3.05) is 7.11 Å². The van der Waals surface area contributed by atoms with Crippen molar-refractivity contribution in [2.24, 2.45) is 0 Å². The van der Waals surface area contributed by atoms with E-state index in [1.54, 1.807) is 18.0 Å². The average Bonchev–Trinajstić information content (AvgIpc) is 2.47. The summed E-state index contributed by atoms with van der Waals surface area (Å²) in [7, 11) is 1.58. The second kappa shape index (κ2) is 4.11. The molecular formula is C8H14N2O2. The Morgan fingerprint density at radius 2 is 2.42 bits per heavy atom. The summed E-state index contributed by atoms with van der Waals surface area (Å²) >= 11 is 0. The van der Waals surface area contributed by atoms with E-state index in [1.165, 1.54) is 0 Å². The molecule has 0 spiro atoms. The highest BCUT2D eigenvalue weighted by atomic mass is 16.5. The lowest BCUT2D eigenvalue weighted by molar-refractivity contribution is 0.259. The molecule has 0 saturated carbocycles. The minimum atomic E-state index is -0.0246. The van der Waals surface area contributed by atoms with Crippen LogP contribution in [0.25, 0.3) is 0 Å². The van der Waals surface area contributed by atoms with E-state index in [1.807, 2.05) is 0 Å². The zero-order chi connectivity index (χ0) is 8.97. The van der Waals surface area contributed by atoms with Crippen molar-refractivity contribution in [3.63, 3.8) is 0 Å². The zero-order valence-electron chi connectivity index (χ0n) is 7.45. The van der Waals surface area contributed by atoms with E-state index in [0.717, 1.165) is 18.7 Å². The van der Waals surface area contributed by atoms with Crippen LogP contribution in [0.2, 0.25) is 0 Å². The van der Waals surface area contributed by atoms with Gasteiger partial charge >= 0.3 is 0 Å². The summed E-state index contributed by atoms with van der Waals surface area (Å²) in [6.45, 7) is 2.86. The molecular weight excluding hydrogens is 156 g/mol. The molecule has 1 heterocycles. The van der Waals surface area contributed by atoms with Gasteiger partial charge in [0.05, 0.1) is 19.9 Å². The molecule has 1 aromatic rings. The zero-order valence-corrected chi connectivity index (χ0v) is 7.45. The Hall–Kier alpha value is -1.03. The van der Waals surface area contributed by atoms with E-state index in [2.05, 4.69) is 12.0 Å². The molecule has 0 radical (unpaired) electrons. The van der Waals surface area contributed by atoms with E-state index in [-0.39, 0.29) is 6.61 Å². The summed E-state index contributed by atoms with van der Waals surface area (Å²) in [6, 6.07) is 0. The summed E-state index contributed by atoms with van der Waals surface area (Å²) in [5.74, 6) is 0.658. The molecule has 0 aliphatic heterocycles. The predicted octanol–water partition coefficient (Wildman–Crippen LogP) is 0.794. The minimum absolute atomic E-state index is 0.0246. The molecule has 4 heteroatoms. The lowest BCUT2D eigenvalue weighted by Crippen LogP contribution is -2.04. The average molecular weight is 170 g/mol. The van der Waals surface area contributed by atoms with Crippen LogP contribution in [-0.2, 0) is 13.2 Å². The van der Waals surface area contributed by atoms with E-state index < -0.39 is 0 Å². The third-order valence-corrected chi connectivity index (χ3v) is 1.72. The summed E-state index contributed by atoms with van der Waals surface area (Å²) in [6.07, 6.45) is 2.62. The van der Waals surface area contributed by atoms with Gasteiger partial charge in [-0.2, -0.15) is 5.10 Å². The van der Waals surface area contributed by atoms with E-state index >= 15 is 0 Å². The molecule has 0 aliphatic carbocycles. The first-order chi connectivity index (χ1) is 5.83. The Morgan fingerprint density at radius 3 is 2.92 bits per heavy atom. The fourth-order valence-corrected chi connectivity index (χ4v) is 1.13. The fraction of sp³-hybridized carbons (Fsp3) is 0.625. The Kier molecular flexibility index (Phi) is 3.10. The van der Waals surface area contributed by atoms with E-state index in [9.17, 15) is 0 Å². The van der Waals surface area contributed by atoms with Crippen molar-refractivity contribution >= 4 is 0 Å². The molecule has 1 N–H and O–H groups in total. The Labute approximate surface area is 71.8 Å². The third kappa shape index (κ3) is 1.58. The molecule has 1 rings (SSSR count). The summed E-state index contributed by atoms with van der Waals surface area (Å²) in [5, 5.41) is 13.1. The molecule has 0 aromatic carbocycles. The Morgan fingerprint density at radius 1 is 1.67 bits per heavy atom. The molecule has 0 bridgehead atoms. The molecule has 4 nitrogen and oxygen atoms in total. The van der Waals surface area contributed by atoms with Crippen molar-refractivity contribution in [3.05, 3.63) is 11.9 Å². The maximum atomic E-state index is 9.01. The number of rotatable bonds is 4. The minimum Gasteiger partial charge on any atom is -0.493 e. The molecule has 0 fully saturated rings. The van der Waals surface area contributed by atoms with Crippen LogP contribution in [0.15, 0.2) is 6.20 Å². The number of hydrogen-bond acceptors (Lipinski definition) is 3. The standard InChI is InChI=1S/C8H14N2O2/c1-3-4-10-7(6-11)8(12-2)5-9-10/h5,11H,3-4,6H2,1-2H3. The molecule has 0 amide bonds. The van der Waals surface area contributed by atoms with Crippen molar-refractivity contribution in [3.8, 4) is 5.75 Å². The molecule has 0 unspecified atom stereocenters. The maximum absolute atomic E-state index is 9.01. The number of methoxy groups -OCH3 is 1. The second-order valence-corrected chi connectivity index (χ2v) is 2.54. The van der Waals surface area contributed by atoms with Gasteiger partial charge in [0.1, 0.15) is 5.69 Å². The lowest BCUT2D eigenvalue weighted by atomic mass is 10.4. The van der Waals surface area contributed by atoms with Gasteiger partial charge in [-0.1, -0.05) is 6.92 Å². The Bertz CT molecular complexity index is 245. The molecule has 12 heavy (non-hydrogen) atoms. The van der Waals surface area contributed by atoms with Gasteiger partial charge in [0.2, 0.25) is 0 Å². The first-order valence-electron chi connectivity index (χ1n) is 4.03. The highest BCUT2D eigenvalue weighted by molar-refractivity contribution is 5.24. The quantitative estimate of drug-likeness (QED) is 0.726. The first-order valence-corrected chi connectivity index (χ1v) is 4.03. The lowest BCUT2D eigenvalue weighted by Gasteiger charge is -2.04. The van der Waals surface area contributed by atoms with Crippen LogP contribution in [0, 0.1) is 0 Å². The maximum Gasteiger partial charge on any atom is 0.162 e. The molecule has 68 valence electrons. The van der Waals surface area contributed by atoms with Crippen LogP contribution in [0.4, 0.5) is 0 Å². The van der Waals surface area contributed by atoms with Crippen molar-refractivity contribution < 1.29 is 9.84 Å². The normalized spacial score (nSPS) is 10.2. The van der Waals surface area contributed by atoms with Gasteiger partial charge in [0.25, 0.3) is 0 Å². The second-order valence-electron chi connectivity index (χ2n) is 2.54. The topological polar surface area (TPSA) is 47.3 Å². The van der Waals surface area contributed by atoms with Crippen LogP contribution in [0.3, 0.4) is 0 Å². The van der Waals surface area contributed by atoms with E-state index in [4.69, 9.17) is 9.84 Å². The van der Waals surface area contributed by atoms with Crippen molar-refractivity contribution in [2.45, 2.75) is 26.5 Å².